The molecule has 124 valence electrons. The van der Waals surface area contributed by atoms with Crippen LogP contribution in [0.5, 0.6) is 0 Å². The van der Waals surface area contributed by atoms with Gasteiger partial charge in [0, 0.05) is 18.8 Å². The van der Waals surface area contributed by atoms with Gasteiger partial charge in [0.25, 0.3) is 0 Å². The molecule has 1 aromatic heterocycles. The number of aryl methyl sites for hydroxylation is 3. The maximum absolute atomic E-state index is 11.9. The van der Waals surface area contributed by atoms with E-state index in [9.17, 15) is 4.79 Å². The lowest BCUT2D eigenvalue weighted by molar-refractivity contribution is -0.157. The van der Waals surface area contributed by atoms with Crippen LogP contribution in [0.25, 0.3) is 0 Å². The highest BCUT2D eigenvalue weighted by Gasteiger charge is 2.23. The Labute approximate surface area is 138 Å². The largest absolute Gasteiger partial charge is 0.443 e. The Bertz CT molecular complexity index is 681. The van der Waals surface area contributed by atoms with E-state index in [2.05, 4.69) is 37.0 Å². The lowest BCUT2D eigenvalue weighted by atomic mass is 9.98. The minimum absolute atomic E-state index is 0.202. The molecule has 0 saturated carbocycles. The lowest BCUT2D eigenvalue weighted by Gasteiger charge is -2.17. The highest BCUT2D eigenvalue weighted by Crippen LogP contribution is 2.17. The molecule has 4 heteroatoms. The first-order valence-electron chi connectivity index (χ1n) is 8.01. The van der Waals surface area contributed by atoms with Crippen molar-refractivity contribution in [3.05, 3.63) is 53.1 Å². The molecule has 0 atom stereocenters. The molecule has 1 heterocycles. The molecule has 1 aromatic carbocycles. The number of rotatable bonds is 5. The second kappa shape index (κ2) is 6.99. The van der Waals surface area contributed by atoms with Gasteiger partial charge in [-0.25, -0.2) is 4.98 Å². The second-order valence-electron chi connectivity index (χ2n) is 6.98. The summed E-state index contributed by atoms with van der Waals surface area (Å²) >= 11 is 0. The zero-order chi connectivity index (χ0) is 17.0. The highest BCUT2D eigenvalue weighted by molar-refractivity contribution is 5.75. The quantitative estimate of drug-likeness (QED) is 0.788. The van der Waals surface area contributed by atoms with Crippen LogP contribution in [0.2, 0.25) is 0 Å². The van der Waals surface area contributed by atoms with Crippen molar-refractivity contribution in [2.45, 2.75) is 54.2 Å². The van der Waals surface area contributed by atoms with Crippen molar-refractivity contribution in [3.8, 4) is 0 Å². The van der Waals surface area contributed by atoms with Gasteiger partial charge in [0.05, 0.1) is 5.41 Å². The minimum atomic E-state index is -0.487. The van der Waals surface area contributed by atoms with E-state index >= 15 is 0 Å². The van der Waals surface area contributed by atoms with Crippen molar-refractivity contribution >= 4 is 5.97 Å². The average Bonchev–Trinajstić information content (AvgIpc) is 2.92. The summed E-state index contributed by atoms with van der Waals surface area (Å²) < 4.78 is 7.27. The summed E-state index contributed by atoms with van der Waals surface area (Å²) in [4.78, 5) is 16.3. The molecule has 0 aliphatic heterocycles. The van der Waals surface area contributed by atoms with E-state index in [4.69, 9.17) is 4.74 Å². The first-order chi connectivity index (χ1) is 10.8. The van der Waals surface area contributed by atoms with Crippen LogP contribution in [-0.4, -0.2) is 15.5 Å². The van der Waals surface area contributed by atoms with Gasteiger partial charge < -0.3 is 9.30 Å². The fraction of sp³-hybridized carbons (Fsp3) is 0.474. The number of carbonyl (C=O) groups is 1. The molecule has 0 N–H and O–H groups in total. The molecular weight excluding hydrogens is 288 g/mol. The summed E-state index contributed by atoms with van der Waals surface area (Å²) in [6.07, 6.45) is 5.36. The van der Waals surface area contributed by atoms with Gasteiger partial charge in [0.15, 0.2) is 6.73 Å². The summed E-state index contributed by atoms with van der Waals surface area (Å²) in [5.74, 6) is 0.735. The van der Waals surface area contributed by atoms with Crippen molar-refractivity contribution in [2.75, 3.05) is 0 Å². The zero-order valence-corrected chi connectivity index (χ0v) is 14.7. The van der Waals surface area contributed by atoms with E-state index in [1.54, 1.807) is 6.20 Å². The Morgan fingerprint density at radius 3 is 2.65 bits per heavy atom. The van der Waals surface area contributed by atoms with Crippen molar-refractivity contribution in [3.63, 3.8) is 0 Å². The first-order valence-corrected chi connectivity index (χ1v) is 8.01. The molecular formula is C19H26N2O2. The van der Waals surface area contributed by atoms with Gasteiger partial charge in [-0.2, -0.15) is 0 Å². The number of benzene rings is 1. The molecule has 0 saturated heterocycles. The van der Waals surface area contributed by atoms with Crippen LogP contribution in [0.15, 0.2) is 30.6 Å². The van der Waals surface area contributed by atoms with Gasteiger partial charge >= 0.3 is 5.97 Å². The Morgan fingerprint density at radius 2 is 1.96 bits per heavy atom. The normalized spacial score (nSPS) is 11.5. The first kappa shape index (κ1) is 17.3. The van der Waals surface area contributed by atoms with Gasteiger partial charge in [-0.15, -0.1) is 0 Å². The molecule has 0 bridgehead atoms. The second-order valence-corrected chi connectivity index (χ2v) is 6.98. The van der Waals surface area contributed by atoms with E-state index in [0.29, 0.717) is 0 Å². The van der Waals surface area contributed by atoms with Crippen LogP contribution < -0.4 is 0 Å². The molecule has 0 aliphatic carbocycles. The van der Waals surface area contributed by atoms with Crippen LogP contribution in [0.4, 0.5) is 0 Å². The smallest absolute Gasteiger partial charge is 0.312 e. The van der Waals surface area contributed by atoms with Crippen LogP contribution in [0.3, 0.4) is 0 Å². The summed E-state index contributed by atoms with van der Waals surface area (Å²) in [6.45, 7) is 10.1. The predicted molar refractivity (Wildman–Crippen MR) is 91.1 cm³/mol. The third-order valence-electron chi connectivity index (χ3n) is 4.08. The van der Waals surface area contributed by atoms with E-state index in [1.807, 2.05) is 31.5 Å². The Kier molecular flexibility index (Phi) is 5.24. The van der Waals surface area contributed by atoms with Gasteiger partial charge in [-0.1, -0.05) is 18.2 Å². The van der Waals surface area contributed by atoms with Crippen LogP contribution in [0, 0.1) is 19.3 Å². The molecule has 2 aromatic rings. The topological polar surface area (TPSA) is 44.1 Å². The third kappa shape index (κ3) is 4.44. The molecule has 0 aliphatic rings. The molecule has 0 amide bonds. The lowest BCUT2D eigenvalue weighted by Crippen LogP contribution is -2.24. The molecule has 0 radical (unpaired) electrons. The Morgan fingerprint density at radius 1 is 1.22 bits per heavy atom. The third-order valence-corrected chi connectivity index (χ3v) is 4.08. The number of imidazole rings is 1. The Balaban J connectivity index is 1.99. The highest BCUT2D eigenvalue weighted by atomic mass is 16.5. The molecule has 4 nitrogen and oxygen atoms in total. The molecule has 0 unspecified atom stereocenters. The SMILES string of the molecule is Cc1cccc(CCc2nccn2COC(=O)C(C)(C)C)c1C. The number of carbonyl (C=O) groups excluding carboxylic acids is 1. The zero-order valence-electron chi connectivity index (χ0n) is 14.7. The number of esters is 1. The monoisotopic (exact) mass is 314 g/mol. The van der Waals surface area contributed by atoms with Crippen molar-refractivity contribution < 1.29 is 9.53 Å². The number of aromatic nitrogens is 2. The molecule has 23 heavy (non-hydrogen) atoms. The summed E-state index contributed by atoms with van der Waals surface area (Å²) in [5.41, 5.74) is 3.50. The fourth-order valence-corrected chi connectivity index (χ4v) is 2.36. The maximum Gasteiger partial charge on any atom is 0.312 e. The molecule has 2 rings (SSSR count). The Hall–Kier alpha value is -2.10. The minimum Gasteiger partial charge on any atom is -0.443 e. The maximum atomic E-state index is 11.9. The van der Waals surface area contributed by atoms with Crippen LogP contribution in [-0.2, 0) is 29.1 Å². The number of hydrogen-bond donors (Lipinski definition) is 0. The molecule has 0 spiro atoms. The van der Waals surface area contributed by atoms with Crippen LogP contribution in [0.1, 0.15) is 43.3 Å². The summed E-state index contributed by atoms with van der Waals surface area (Å²) in [6, 6.07) is 6.39. The van der Waals surface area contributed by atoms with Crippen molar-refractivity contribution in [2.24, 2.45) is 5.41 Å². The molecule has 0 fully saturated rings. The number of hydrogen-bond acceptors (Lipinski definition) is 3. The van der Waals surface area contributed by atoms with E-state index in [-0.39, 0.29) is 12.7 Å². The summed E-state index contributed by atoms with van der Waals surface area (Å²) in [7, 11) is 0. The summed E-state index contributed by atoms with van der Waals surface area (Å²) in [5, 5.41) is 0. The van der Waals surface area contributed by atoms with E-state index < -0.39 is 5.41 Å². The van der Waals surface area contributed by atoms with Gasteiger partial charge in [-0.3, -0.25) is 4.79 Å². The van der Waals surface area contributed by atoms with E-state index in [1.165, 1.54) is 16.7 Å². The average molecular weight is 314 g/mol. The van der Waals surface area contributed by atoms with E-state index in [0.717, 1.165) is 18.7 Å². The van der Waals surface area contributed by atoms with Crippen molar-refractivity contribution in [1.82, 2.24) is 9.55 Å². The van der Waals surface area contributed by atoms with Gasteiger partial charge in [-0.05, 0) is 57.7 Å². The van der Waals surface area contributed by atoms with Gasteiger partial charge in [0.2, 0.25) is 0 Å². The fourth-order valence-electron chi connectivity index (χ4n) is 2.36. The number of nitrogens with zero attached hydrogens (tertiary/aromatic N) is 2. The van der Waals surface area contributed by atoms with Crippen LogP contribution >= 0.6 is 0 Å². The van der Waals surface area contributed by atoms with Gasteiger partial charge in [0.1, 0.15) is 5.82 Å². The number of ether oxygens (including phenoxy) is 1. The predicted octanol–water partition coefficient (Wildman–Crippen LogP) is 3.83. The standard InChI is InChI=1S/C19H26N2O2/c1-14-7-6-8-16(15(14)2)9-10-17-20-11-12-21(17)13-23-18(22)19(3,4)5/h6-8,11-12H,9-10,13H2,1-5H3. The van der Waals surface area contributed by atoms with Crippen molar-refractivity contribution in [1.29, 1.82) is 0 Å².